The molecule has 124 valence electrons. The van der Waals surface area contributed by atoms with Crippen molar-refractivity contribution in [3.8, 4) is 11.5 Å². The topological polar surface area (TPSA) is 51.8 Å². The number of hydrogen-bond donors (Lipinski definition) is 0. The van der Waals surface area contributed by atoms with Crippen LogP contribution in [0.2, 0.25) is 0 Å². The van der Waals surface area contributed by atoms with Gasteiger partial charge in [0.1, 0.15) is 13.2 Å². The van der Waals surface area contributed by atoms with Gasteiger partial charge < -0.3 is 27.1 Å². The first-order chi connectivity index (χ1) is 11.7. The number of fused-ring (bicyclic) bond motifs is 1. The summed E-state index contributed by atoms with van der Waals surface area (Å²) in [6.07, 6.45) is 3.64. The summed E-state index contributed by atoms with van der Waals surface area (Å²) in [6, 6.07) is 10.2. The van der Waals surface area contributed by atoms with Crippen molar-refractivity contribution in [3.63, 3.8) is 0 Å². The van der Waals surface area contributed by atoms with Crippen molar-refractivity contribution in [1.82, 2.24) is 0 Å². The Morgan fingerprint density at radius 1 is 1.21 bits per heavy atom. The summed E-state index contributed by atoms with van der Waals surface area (Å²) in [6.45, 7) is 3.43. The minimum absolute atomic E-state index is 0.120. The maximum atomic E-state index is 13.1. The van der Waals surface area contributed by atoms with Crippen LogP contribution in [0.15, 0.2) is 53.8 Å². The summed E-state index contributed by atoms with van der Waals surface area (Å²) < 4.78 is 12.8. The summed E-state index contributed by atoms with van der Waals surface area (Å²) >= 11 is 5.39. The van der Waals surface area contributed by atoms with Gasteiger partial charge in [-0.1, -0.05) is 6.07 Å². The van der Waals surface area contributed by atoms with E-state index in [9.17, 15) is 4.79 Å². The summed E-state index contributed by atoms with van der Waals surface area (Å²) in [4.78, 5) is 17.4. The third-order valence-electron chi connectivity index (χ3n) is 3.66. The van der Waals surface area contributed by atoms with E-state index < -0.39 is 6.04 Å². The number of aliphatic imine (C=N–C) groups is 1. The lowest BCUT2D eigenvalue weighted by atomic mass is 10.0. The lowest BCUT2D eigenvalue weighted by Crippen LogP contribution is -2.47. The number of carbonyl (C=O) groups is 1. The second kappa shape index (κ2) is 7.40. The quantitative estimate of drug-likeness (QED) is 0.275. The van der Waals surface area contributed by atoms with Crippen LogP contribution < -0.4 is 14.0 Å². The summed E-state index contributed by atoms with van der Waals surface area (Å²) in [5, 5.41) is 0.369. The number of hydrogen-bond acceptors (Lipinski definition) is 5. The van der Waals surface area contributed by atoms with Crippen molar-refractivity contribution in [1.29, 1.82) is 0 Å². The zero-order valence-corrected chi connectivity index (χ0v) is 14.2. The molecular weight excluding hydrogens is 324 g/mol. The molecule has 0 spiro atoms. The molecule has 0 amide bonds. The molecule has 1 unspecified atom stereocenters. The first-order valence-corrected chi connectivity index (χ1v) is 8.22. The molecule has 0 N–H and O–H groups in total. The van der Waals surface area contributed by atoms with Crippen molar-refractivity contribution < 1.29 is 18.8 Å². The summed E-state index contributed by atoms with van der Waals surface area (Å²) in [5.74, 6) is 1.12. The normalized spacial score (nSPS) is 15.0. The molecule has 5 nitrogen and oxygen atoms in total. The monoisotopic (exact) mass is 342 g/mol. The lowest BCUT2D eigenvalue weighted by Gasteiger charge is -2.21. The van der Waals surface area contributed by atoms with E-state index in [1.54, 1.807) is 22.8 Å². The number of aromatic nitrogens is 1. The Morgan fingerprint density at radius 3 is 2.62 bits per heavy atom. The van der Waals surface area contributed by atoms with Crippen molar-refractivity contribution in [2.45, 2.75) is 13.0 Å². The van der Waals surface area contributed by atoms with Crippen molar-refractivity contribution in [2.24, 2.45) is 4.99 Å². The number of rotatable bonds is 5. The van der Waals surface area contributed by atoms with E-state index in [4.69, 9.17) is 22.1 Å². The molecule has 0 saturated carbocycles. The number of ketones is 1. The fourth-order valence-electron chi connectivity index (χ4n) is 2.56. The molecule has 1 atom stereocenters. The van der Waals surface area contributed by atoms with Crippen LogP contribution in [0.5, 0.6) is 11.5 Å². The van der Waals surface area contributed by atoms with E-state index in [-0.39, 0.29) is 5.78 Å². The molecule has 24 heavy (non-hydrogen) atoms. The largest absolute Gasteiger partial charge is 0.758 e. The minimum atomic E-state index is -0.649. The van der Waals surface area contributed by atoms with Gasteiger partial charge >= 0.3 is 0 Å². The van der Waals surface area contributed by atoms with Gasteiger partial charge in [-0.2, -0.15) is 4.57 Å². The van der Waals surface area contributed by atoms with E-state index in [1.807, 2.05) is 37.5 Å². The van der Waals surface area contributed by atoms with Crippen LogP contribution in [-0.4, -0.2) is 30.6 Å². The highest BCUT2D eigenvalue weighted by molar-refractivity contribution is 7.77. The van der Waals surface area contributed by atoms with Gasteiger partial charge in [-0.05, 0) is 30.2 Å². The van der Waals surface area contributed by atoms with Crippen LogP contribution in [-0.2, 0) is 12.6 Å². The van der Waals surface area contributed by atoms with Gasteiger partial charge in [0.05, 0.1) is 0 Å². The maximum Gasteiger partial charge on any atom is 0.237 e. The molecule has 0 fully saturated rings. The van der Waals surface area contributed by atoms with Crippen LogP contribution in [0.3, 0.4) is 0 Å². The third-order valence-corrected chi connectivity index (χ3v) is 4.01. The molecule has 1 aromatic heterocycles. The van der Waals surface area contributed by atoms with Crippen molar-refractivity contribution in [3.05, 3.63) is 54.4 Å². The molecule has 0 bridgehead atoms. The van der Waals surface area contributed by atoms with E-state index in [2.05, 4.69) is 4.99 Å². The van der Waals surface area contributed by atoms with Gasteiger partial charge in [0.2, 0.25) is 11.8 Å². The van der Waals surface area contributed by atoms with E-state index in [0.29, 0.717) is 41.9 Å². The Labute approximate surface area is 146 Å². The predicted octanol–water partition coefficient (Wildman–Crippen LogP) is 2.13. The molecule has 1 aliphatic heterocycles. The zero-order valence-electron chi connectivity index (χ0n) is 13.3. The van der Waals surface area contributed by atoms with Gasteiger partial charge in [-0.3, -0.25) is 4.79 Å². The number of carbonyl (C=O) groups excluding carboxylic acids is 1. The molecule has 2 aromatic rings. The van der Waals surface area contributed by atoms with Gasteiger partial charge in [0.15, 0.2) is 23.9 Å². The SMILES string of the molecule is CCN=C([S-])C(C(=O)c1ccc2c(c1)OCCO2)[n+]1ccccc1. The molecule has 2 heterocycles. The fourth-order valence-corrected chi connectivity index (χ4v) is 2.91. The fraction of sp³-hybridized carbons (Fsp3) is 0.278. The molecule has 0 radical (unpaired) electrons. The number of nitrogens with zero attached hydrogens (tertiary/aromatic N) is 2. The van der Waals surface area contributed by atoms with Gasteiger partial charge in [-0.25, -0.2) is 0 Å². The average molecular weight is 342 g/mol. The molecule has 0 saturated heterocycles. The summed E-state index contributed by atoms with van der Waals surface area (Å²) in [7, 11) is 0. The number of Topliss-reactive ketones (excluding diaryl/α,β-unsaturated/α-hetero) is 1. The molecular formula is C18H18N2O3S. The molecule has 1 aromatic carbocycles. The first kappa shape index (κ1) is 16.4. The van der Waals surface area contributed by atoms with Crippen LogP contribution in [0.1, 0.15) is 23.3 Å². The van der Waals surface area contributed by atoms with Crippen molar-refractivity contribution >= 4 is 23.5 Å². The number of pyridine rings is 1. The Bertz CT molecular complexity index is 762. The number of ether oxygens (including phenoxy) is 2. The summed E-state index contributed by atoms with van der Waals surface area (Å²) in [5.41, 5.74) is 0.522. The third kappa shape index (κ3) is 3.38. The Balaban J connectivity index is 1.98. The molecule has 1 aliphatic rings. The minimum Gasteiger partial charge on any atom is -0.758 e. The first-order valence-electron chi connectivity index (χ1n) is 7.81. The van der Waals surface area contributed by atoms with Crippen LogP contribution in [0, 0.1) is 0 Å². The molecule has 3 rings (SSSR count). The van der Waals surface area contributed by atoms with Crippen molar-refractivity contribution in [2.75, 3.05) is 19.8 Å². The smallest absolute Gasteiger partial charge is 0.237 e. The Kier molecular flexibility index (Phi) is 5.05. The van der Waals surface area contributed by atoms with Crippen LogP contribution in [0.25, 0.3) is 0 Å². The zero-order chi connectivity index (χ0) is 16.9. The highest BCUT2D eigenvalue weighted by Gasteiger charge is 2.29. The highest BCUT2D eigenvalue weighted by Crippen LogP contribution is 2.31. The van der Waals surface area contributed by atoms with Gasteiger partial charge in [0.25, 0.3) is 0 Å². The lowest BCUT2D eigenvalue weighted by molar-refractivity contribution is -0.691. The van der Waals surface area contributed by atoms with E-state index in [1.165, 1.54) is 0 Å². The van der Waals surface area contributed by atoms with Crippen LogP contribution >= 0.6 is 0 Å². The van der Waals surface area contributed by atoms with E-state index in [0.717, 1.165) is 0 Å². The molecule has 0 aliphatic carbocycles. The standard InChI is InChI=1S/C18H18N2O3S/c1-2-19-18(24)16(20-8-4-3-5-9-20)17(21)13-6-7-14-15(12-13)23-11-10-22-14/h3-9,12,16H,2,10-11H2,1H3. The predicted molar refractivity (Wildman–Crippen MR) is 92.8 cm³/mol. The Morgan fingerprint density at radius 2 is 1.92 bits per heavy atom. The number of benzene rings is 1. The van der Waals surface area contributed by atoms with Crippen LogP contribution in [0.4, 0.5) is 0 Å². The van der Waals surface area contributed by atoms with Gasteiger partial charge in [0, 0.05) is 24.2 Å². The van der Waals surface area contributed by atoms with Gasteiger partial charge in [-0.15, -0.1) is 0 Å². The maximum absolute atomic E-state index is 13.1. The van der Waals surface area contributed by atoms with E-state index >= 15 is 0 Å². The highest BCUT2D eigenvalue weighted by atomic mass is 32.1. The molecule has 6 heteroatoms. The second-order valence-corrected chi connectivity index (χ2v) is 5.68. The average Bonchev–Trinajstić information content (AvgIpc) is 2.62. The second-order valence-electron chi connectivity index (χ2n) is 5.26. The Hall–Kier alpha value is -2.47.